The van der Waals surface area contributed by atoms with Gasteiger partial charge in [-0.15, -0.1) is 11.3 Å². The quantitative estimate of drug-likeness (QED) is 0.282. The van der Waals surface area contributed by atoms with Gasteiger partial charge in [0, 0.05) is 11.9 Å². The summed E-state index contributed by atoms with van der Waals surface area (Å²) in [6.45, 7) is 6.64. The molecule has 0 N–H and O–H groups in total. The van der Waals surface area contributed by atoms with Crippen molar-refractivity contribution < 1.29 is 17.9 Å². The SMILES string of the molecule is Cc1ccc(OCc2nc(CN(CC(C)C)C(=O)S(=O)(=O)c3ccc4ccccc4c3)cs2)cc1. The van der Waals surface area contributed by atoms with Crippen LogP contribution in [0.1, 0.15) is 30.1 Å². The van der Waals surface area contributed by atoms with Crippen LogP contribution in [0, 0.1) is 12.8 Å². The first-order valence-electron chi connectivity index (χ1n) is 11.4. The molecule has 1 heterocycles. The Morgan fingerprint density at radius 2 is 1.74 bits per heavy atom. The average Bonchev–Trinajstić information content (AvgIpc) is 3.29. The first-order chi connectivity index (χ1) is 16.7. The largest absolute Gasteiger partial charge is 0.486 e. The van der Waals surface area contributed by atoms with Crippen LogP contribution in [0.2, 0.25) is 0 Å². The molecule has 3 aromatic carbocycles. The predicted octanol–water partition coefficient (Wildman–Crippen LogP) is 6.24. The van der Waals surface area contributed by atoms with Gasteiger partial charge < -0.3 is 9.64 Å². The van der Waals surface area contributed by atoms with E-state index in [0.29, 0.717) is 18.8 Å². The molecule has 1 amide bonds. The number of nitrogens with zero attached hydrogens (tertiary/aromatic N) is 2. The van der Waals surface area contributed by atoms with Crippen molar-refractivity contribution in [3.8, 4) is 5.75 Å². The van der Waals surface area contributed by atoms with Crippen molar-refractivity contribution in [3.63, 3.8) is 0 Å². The smallest absolute Gasteiger partial charge is 0.344 e. The Balaban J connectivity index is 1.50. The highest BCUT2D eigenvalue weighted by Gasteiger charge is 2.31. The van der Waals surface area contributed by atoms with Crippen LogP contribution in [-0.2, 0) is 23.0 Å². The lowest BCUT2D eigenvalue weighted by Gasteiger charge is -2.23. The average molecular weight is 509 g/mol. The van der Waals surface area contributed by atoms with Gasteiger partial charge in [0.1, 0.15) is 17.4 Å². The number of amides is 1. The molecule has 0 bridgehead atoms. The number of sulfone groups is 1. The number of benzene rings is 3. The third-order valence-corrected chi connectivity index (χ3v) is 7.90. The van der Waals surface area contributed by atoms with Gasteiger partial charge >= 0.3 is 5.24 Å². The molecule has 0 aliphatic carbocycles. The molecule has 0 radical (unpaired) electrons. The van der Waals surface area contributed by atoms with Gasteiger partial charge in [0.25, 0.3) is 9.84 Å². The van der Waals surface area contributed by atoms with Crippen LogP contribution in [0.3, 0.4) is 0 Å². The van der Waals surface area contributed by atoms with Crippen molar-refractivity contribution in [1.82, 2.24) is 9.88 Å². The summed E-state index contributed by atoms with van der Waals surface area (Å²) in [4.78, 5) is 19.2. The van der Waals surface area contributed by atoms with Gasteiger partial charge in [0.05, 0.1) is 17.1 Å². The first kappa shape index (κ1) is 24.9. The molecule has 0 spiro atoms. The van der Waals surface area contributed by atoms with E-state index in [1.807, 2.05) is 74.7 Å². The van der Waals surface area contributed by atoms with Crippen molar-refractivity contribution in [3.05, 3.63) is 88.4 Å². The second-order valence-electron chi connectivity index (χ2n) is 8.89. The molecule has 182 valence electrons. The Labute approximate surface area is 210 Å². The number of aromatic nitrogens is 1. The van der Waals surface area contributed by atoms with Crippen LogP contribution in [0.5, 0.6) is 5.75 Å². The maximum atomic E-state index is 13.3. The molecule has 4 rings (SSSR count). The fourth-order valence-corrected chi connectivity index (χ4v) is 5.62. The van der Waals surface area contributed by atoms with E-state index in [4.69, 9.17) is 4.74 Å². The summed E-state index contributed by atoms with van der Waals surface area (Å²) < 4.78 is 32.3. The third-order valence-electron chi connectivity index (χ3n) is 5.44. The fraction of sp³-hybridized carbons (Fsp3) is 0.259. The number of aryl methyl sites for hydroxylation is 1. The molecular formula is C27H28N2O4S2. The van der Waals surface area contributed by atoms with Crippen molar-refractivity contribution >= 4 is 37.2 Å². The summed E-state index contributed by atoms with van der Waals surface area (Å²) in [5.74, 6) is 0.846. The van der Waals surface area contributed by atoms with Crippen LogP contribution in [0.25, 0.3) is 10.8 Å². The Kier molecular flexibility index (Phi) is 7.52. The summed E-state index contributed by atoms with van der Waals surface area (Å²) in [6, 6.07) is 20.0. The molecule has 35 heavy (non-hydrogen) atoms. The molecule has 0 unspecified atom stereocenters. The van der Waals surface area contributed by atoms with Crippen LogP contribution in [-0.4, -0.2) is 30.1 Å². The standard InChI is InChI=1S/C27H28N2O4S2/c1-19(2)15-29(16-23-18-34-26(28-23)17-33-24-11-8-20(3)9-12-24)27(30)35(31,32)25-13-10-21-6-4-5-7-22(21)14-25/h4-14,18-19H,15-17H2,1-3H3. The Bertz CT molecular complexity index is 1430. The van der Waals surface area contributed by atoms with E-state index >= 15 is 0 Å². The Hall–Kier alpha value is -3.23. The molecular weight excluding hydrogens is 480 g/mol. The lowest BCUT2D eigenvalue weighted by Crippen LogP contribution is -2.37. The number of rotatable bonds is 8. The summed E-state index contributed by atoms with van der Waals surface area (Å²) >= 11 is 1.43. The minimum Gasteiger partial charge on any atom is -0.486 e. The van der Waals surface area contributed by atoms with Gasteiger partial charge in [0.15, 0.2) is 0 Å². The predicted molar refractivity (Wildman–Crippen MR) is 139 cm³/mol. The minimum absolute atomic E-state index is 0.000390. The lowest BCUT2D eigenvalue weighted by molar-refractivity contribution is 0.209. The summed E-state index contributed by atoms with van der Waals surface area (Å²) in [6.07, 6.45) is 0. The van der Waals surface area contributed by atoms with E-state index in [9.17, 15) is 13.2 Å². The second-order valence-corrected chi connectivity index (χ2v) is 11.7. The van der Waals surface area contributed by atoms with Gasteiger partial charge in [-0.2, -0.15) is 0 Å². The Morgan fingerprint density at radius 3 is 2.46 bits per heavy atom. The van der Waals surface area contributed by atoms with Crippen LogP contribution in [0.15, 0.2) is 77.0 Å². The summed E-state index contributed by atoms with van der Waals surface area (Å²) in [5.41, 5.74) is 1.79. The molecule has 0 atom stereocenters. The van der Waals surface area contributed by atoms with Gasteiger partial charge in [0.2, 0.25) is 0 Å². The zero-order valence-electron chi connectivity index (χ0n) is 20.0. The fourth-order valence-electron chi connectivity index (χ4n) is 3.71. The third kappa shape index (κ3) is 6.07. The van der Waals surface area contributed by atoms with E-state index < -0.39 is 15.1 Å². The highest BCUT2D eigenvalue weighted by Crippen LogP contribution is 2.23. The molecule has 4 aromatic rings. The van der Waals surface area contributed by atoms with Crippen molar-refractivity contribution in [2.45, 2.75) is 38.8 Å². The van der Waals surface area contributed by atoms with E-state index in [1.165, 1.54) is 22.3 Å². The van der Waals surface area contributed by atoms with Gasteiger partial charge in [-0.25, -0.2) is 13.4 Å². The second kappa shape index (κ2) is 10.6. The maximum absolute atomic E-state index is 13.3. The number of thiazole rings is 1. The molecule has 0 aliphatic heterocycles. The van der Waals surface area contributed by atoms with E-state index in [-0.39, 0.29) is 17.4 Å². The molecule has 0 aliphatic rings. The van der Waals surface area contributed by atoms with Gasteiger partial charge in [-0.3, -0.25) is 4.79 Å². The highest BCUT2D eigenvalue weighted by atomic mass is 32.2. The van der Waals surface area contributed by atoms with E-state index in [0.717, 1.165) is 27.1 Å². The van der Waals surface area contributed by atoms with Crippen LogP contribution in [0.4, 0.5) is 4.79 Å². The topological polar surface area (TPSA) is 76.6 Å². The number of ether oxygens (including phenoxy) is 1. The van der Waals surface area contributed by atoms with Crippen LogP contribution >= 0.6 is 11.3 Å². The number of hydrogen-bond donors (Lipinski definition) is 0. The van der Waals surface area contributed by atoms with E-state index in [2.05, 4.69) is 4.98 Å². The van der Waals surface area contributed by atoms with Gasteiger partial charge in [-0.1, -0.05) is 61.9 Å². The first-order valence-corrected chi connectivity index (χ1v) is 13.7. The lowest BCUT2D eigenvalue weighted by atomic mass is 10.1. The van der Waals surface area contributed by atoms with Crippen molar-refractivity contribution in [1.29, 1.82) is 0 Å². The monoisotopic (exact) mass is 508 g/mol. The number of carbonyl (C=O) groups is 1. The van der Waals surface area contributed by atoms with E-state index in [1.54, 1.807) is 12.1 Å². The van der Waals surface area contributed by atoms with Crippen molar-refractivity contribution in [2.24, 2.45) is 5.92 Å². The molecule has 0 saturated carbocycles. The van der Waals surface area contributed by atoms with Gasteiger partial charge in [-0.05, 0) is 47.9 Å². The van der Waals surface area contributed by atoms with Crippen molar-refractivity contribution in [2.75, 3.05) is 6.54 Å². The summed E-state index contributed by atoms with van der Waals surface area (Å²) in [7, 11) is -4.20. The molecule has 1 aromatic heterocycles. The maximum Gasteiger partial charge on any atom is 0.344 e. The number of carbonyl (C=O) groups excluding carboxylic acids is 1. The number of hydrogen-bond acceptors (Lipinski definition) is 6. The normalized spacial score (nSPS) is 11.7. The highest BCUT2D eigenvalue weighted by molar-refractivity contribution is 8.06. The zero-order chi connectivity index (χ0) is 25.0. The van der Waals surface area contributed by atoms with Crippen LogP contribution < -0.4 is 4.74 Å². The molecule has 6 nitrogen and oxygen atoms in total. The molecule has 0 saturated heterocycles. The molecule has 0 fully saturated rings. The summed E-state index contributed by atoms with van der Waals surface area (Å²) in [5, 5.41) is 3.38. The zero-order valence-corrected chi connectivity index (χ0v) is 21.6. The number of fused-ring (bicyclic) bond motifs is 1. The minimum atomic E-state index is -4.20. The molecule has 8 heteroatoms. The Morgan fingerprint density at radius 1 is 1.03 bits per heavy atom.